The van der Waals surface area contributed by atoms with E-state index in [4.69, 9.17) is 42.6 Å². The Labute approximate surface area is 402 Å². The maximum Gasteiger partial charge on any atom is 0.315 e. The van der Waals surface area contributed by atoms with Gasteiger partial charge in [-0.2, -0.15) is 0 Å². The number of ether oxygens (including phenoxy) is 9. The highest BCUT2D eigenvalue weighted by Gasteiger charge is 2.55. The molecule has 0 saturated carbocycles. The number of esters is 4. The number of aldehydes is 1. The van der Waals surface area contributed by atoms with Gasteiger partial charge in [0.05, 0.1) is 50.1 Å². The summed E-state index contributed by atoms with van der Waals surface area (Å²) in [6, 6.07) is 9.44. The van der Waals surface area contributed by atoms with Crippen molar-refractivity contribution in [2.75, 3.05) is 54.1 Å². The summed E-state index contributed by atoms with van der Waals surface area (Å²) in [7, 11) is 4.89. The quantitative estimate of drug-likeness (QED) is 0.0920. The number of hydrogen-bond donors (Lipinski definition) is 2. The van der Waals surface area contributed by atoms with E-state index in [1.807, 2.05) is 25.1 Å². The number of nitrogens with zero attached hydrogens (tertiary/aromatic N) is 2. The third-order valence-corrected chi connectivity index (χ3v) is 13.4. The Morgan fingerprint density at radius 2 is 1.71 bits per heavy atom. The minimum Gasteiger partial charge on any atom is -0.466 e. The van der Waals surface area contributed by atoms with Gasteiger partial charge >= 0.3 is 23.9 Å². The highest BCUT2D eigenvalue weighted by molar-refractivity contribution is 5.76. The van der Waals surface area contributed by atoms with E-state index in [1.165, 1.54) is 19.6 Å². The first-order chi connectivity index (χ1) is 32.4. The van der Waals surface area contributed by atoms with Crippen molar-refractivity contribution in [1.29, 1.82) is 0 Å². The van der Waals surface area contributed by atoms with Crippen LogP contribution in [0.25, 0.3) is 0 Å². The Morgan fingerprint density at radius 1 is 0.985 bits per heavy atom. The second-order valence-electron chi connectivity index (χ2n) is 19.0. The molecule has 0 aliphatic carbocycles. The molecule has 4 rings (SSSR count). The van der Waals surface area contributed by atoms with Gasteiger partial charge in [-0.1, -0.05) is 44.2 Å². The molecule has 0 aromatic heterocycles. The smallest absolute Gasteiger partial charge is 0.315 e. The van der Waals surface area contributed by atoms with Gasteiger partial charge in [0.15, 0.2) is 12.6 Å². The van der Waals surface area contributed by atoms with Crippen LogP contribution >= 0.6 is 0 Å². The number of β-amino-alcohol motifs (C(OH)–C–C–N with tert-alkyl or cyclic N) is 1. The summed E-state index contributed by atoms with van der Waals surface area (Å²) in [5.74, 6) is -4.43. The molecule has 386 valence electrons. The highest BCUT2D eigenvalue weighted by Crippen LogP contribution is 2.41. The number of hydrogen-bond acceptors (Lipinski definition) is 18. The predicted molar refractivity (Wildman–Crippen MR) is 248 cm³/mol. The van der Waals surface area contributed by atoms with Crippen molar-refractivity contribution in [3.8, 4) is 0 Å². The number of unbranched alkanes of at least 4 members (excludes halogenated alkanes) is 1. The molecule has 15 atom stereocenters. The van der Waals surface area contributed by atoms with Crippen molar-refractivity contribution in [2.45, 2.75) is 179 Å². The zero-order valence-electron chi connectivity index (χ0n) is 42.0. The molecule has 18 heteroatoms. The van der Waals surface area contributed by atoms with E-state index >= 15 is 0 Å². The fraction of sp³-hybridized carbons (Fsp3) is 0.780. The van der Waals surface area contributed by atoms with Gasteiger partial charge in [-0.25, -0.2) is 0 Å². The van der Waals surface area contributed by atoms with Crippen LogP contribution in [0.15, 0.2) is 30.3 Å². The third-order valence-electron chi connectivity index (χ3n) is 13.4. The van der Waals surface area contributed by atoms with Crippen LogP contribution < -0.4 is 0 Å². The molecule has 3 heterocycles. The maximum atomic E-state index is 13.5. The normalized spacial score (nSPS) is 34.8. The Balaban J connectivity index is 1.64. The first-order valence-corrected chi connectivity index (χ1v) is 24.4. The van der Waals surface area contributed by atoms with Gasteiger partial charge in [-0.05, 0) is 97.8 Å². The second kappa shape index (κ2) is 27.7. The predicted octanol–water partition coefficient (Wildman–Crippen LogP) is 4.02. The Bertz CT molecular complexity index is 1720. The molecule has 0 unspecified atom stereocenters. The van der Waals surface area contributed by atoms with Crippen LogP contribution in [0.1, 0.15) is 105 Å². The van der Waals surface area contributed by atoms with Gasteiger partial charge in [-0.15, -0.1) is 0 Å². The number of aliphatic hydroxyl groups is 2. The van der Waals surface area contributed by atoms with E-state index in [2.05, 4.69) is 17.0 Å². The molecule has 2 N–H and O–H groups in total. The summed E-state index contributed by atoms with van der Waals surface area (Å²) in [5, 5.41) is 24.1. The standard InChI is InChI=1S/C50H80N2O16/c1-11-39(56)65-38-28-40(57)62-26-18-24-52(23-17-16-21-35-19-14-13-15-20-35)30-37(55)31(3)27-36(22-25-53)46(47(38)60-10)67-49-44(58)43(51(8)9)45(33(5)64-49)66-41-29-50(7,68-34(6)54)42(32(4)63-41)48(59)61-12-2/h13-15,19-20,25,31-33,36-38,41-47,49,55,58H,11-12,16-18,21-24,26-30H2,1-10H3/t31-,32+,33-,36+,37+,38-,41+,42-,43-,44-,45-,46+,47+,49+,50-/m1/s1. The number of cyclic esters (lactones) is 1. The van der Waals surface area contributed by atoms with E-state index < -0.39 is 109 Å². The topological polar surface area (TPSA) is 215 Å². The fourth-order valence-corrected chi connectivity index (χ4v) is 10.0. The number of carbonyl (C=O) groups excluding carboxylic acids is 5. The highest BCUT2D eigenvalue weighted by atomic mass is 16.7. The summed E-state index contributed by atoms with van der Waals surface area (Å²) in [6.07, 6.45) is -6.93. The van der Waals surface area contributed by atoms with Crippen molar-refractivity contribution >= 4 is 30.2 Å². The molecule has 3 aliphatic rings. The minimum absolute atomic E-state index is 0.00343. The van der Waals surface area contributed by atoms with Gasteiger partial charge in [0.25, 0.3) is 0 Å². The first-order valence-electron chi connectivity index (χ1n) is 24.4. The molecule has 3 fully saturated rings. The molecular formula is C50H80N2O16. The number of rotatable bonds is 18. The largest absolute Gasteiger partial charge is 0.466 e. The van der Waals surface area contributed by atoms with Crippen LogP contribution in [0, 0.1) is 17.8 Å². The summed E-state index contributed by atoms with van der Waals surface area (Å²) in [6.45, 7) is 13.4. The van der Waals surface area contributed by atoms with E-state index in [9.17, 15) is 34.2 Å². The SMILES string of the molecule is CCOC(=O)[C@H]1[C@H](C)O[C@@H](O[C@H]2[C@H](N(C)C)[C@@H](O)[C@H](O[C@H]3[C@@H](CC=O)C[C@@H](C)[C@@H](O)CN(CCCCc4ccccc4)CCCOC(=O)C[C@@H](OC(=O)CC)[C@@H]3OC)O[C@@H]2C)C[C@@]1(C)OC(C)=O. The summed E-state index contributed by atoms with van der Waals surface area (Å²) in [4.78, 5) is 68.5. The van der Waals surface area contributed by atoms with E-state index in [0.717, 1.165) is 25.5 Å². The van der Waals surface area contributed by atoms with E-state index in [-0.39, 0.29) is 51.2 Å². The van der Waals surface area contributed by atoms with Crippen molar-refractivity contribution in [1.82, 2.24) is 9.80 Å². The zero-order valence-corrected chi connectivity index (χ0v) is 42.0. The molecule has 1 aromatic rings. The van der Waals surface area contributed by atoms with Crippen LogP contribution in [0.3, 0.4) is 0 Å². The molecule has 0 radical (unpaired) electrons. The Kier molecular flexibility index (Phi) is 23.2. The van der Waals surface area contributed by atoms with Crippen LogP contribution in [-0.4, -0.2) is 177 Å². The lowest BCUT2D eigenvalue weighted by molar-refractivity contribution is -0.341. The molecule has 1 aromatic carbocycles. The van der Waals surface area contributed by atoms with Gasteiger partial charge in [-0.3, -0.25) is 19.2 Å². The summed E-state index contributed by atoms with van der Waals surface area (Å²) >= 11 is 0. The molecule has 0 amide bonds. The van der Waals surface area contributed by atoms with Crippen LogP contribution in [-0.2, 0) is 73.0 Å². The summed E-state index contributed by atoms with van der Waals surface area (Å²) < 4.78 is 54.9. The minimum atomic E-state index is -1.43. The number of benzene rings is 1. The lowest BCUT2D eigenvalue weighted by Crippen LogP contribution is -2.66. The van der Waals surface area contributed by atoms with Crippen molar-refractivity contribution in [3.05, 3.63) is 35.9 Å². The average molecular weight is 965 g/mol. The fourth-order valence-electron chi connectivity index (χ4n) is 10.0. The van der Waals surface area contributed by atoms with Crippen LogP contribution in [0.4, 0.5) is 0 Å². The van der Waals surface area contributed by atoms with Gasteiger partial charge in [0.1, 0.15) is 42.2 Å². The number of methoxy groups -OCH3 is 1. The molecule has 0 spiro atoms. The third kappa shape index (κ3) is 16.2. The number of carbonyl (C=O) groups is 5. The van der Waals surface area contributed by atoms with Crippen molar-refractivity contribution in [2.24, 2.45) is 17.8 Å². The Hall–Kier alpha value is -3.59. The first kappa shape index (κ1) is 57.0. The molecule has 18 nitrogen and oxygen atoms in total. The van der Waals surface area contributed by atoms with Crippen LogP contribution in [0.5, 0.6) is 0 Å². The van der Waals surface area contributed by atoms with Gasteiger partial charge in [0, 0.05) is 46.4 Å². The number of aliphatic hydroxyl groups excluding tert-OH is 2. The maximum absolute atomic E-state index is 13.5. The van der Waals surface area contributed by atoms with Crippen molar-refractivity contribution in [3.63, 3.8) is 0 Å². The van der Waals surface area contributed by atoms with Gasteiger partial charge in [0.2, 0.25) is 0 Å². The number of likely N-dealkylation sites (N-methyl/N-ethyl adjacent to an activating group) is 1. The lowest BCUT2D eigenvalue weighted by atomic mass is 9.79. The molecule has 3 aliphatic heterocycles. The van der Waals surface area contributed by atoms with Gasteiger partial charge < -0.3 is 67.4 Å². The second-order valence-corrected chi connectivity index (χ2v) is 19.0. The molecular weight excluding hydrogens is 885 g/mol. The van der Waals surface area contributed by atoms with E-state index in [1.54, 1.807) is 53.6 Å². The molecule has 3 saturated heterocycles. The summed E-state index contributed by atoms with van der Waals surface area (Å²) in [5.41, 5.74) is -0.104. The van der Waals surface area contributed by atoms with Crippen LogP contribution in [0.2, 0.25) is 0 Å². The van der Waals surface area contributed by atoms with E-state index in [0.29, 0.717) is 26.1 Å². The zero-order chi connectivity index (χ0) is 50.1. The molecule has 0 bridgehead atoms. The molecule has 68 heavy (non-hydrogen) atoms. The average Bonchev–Trinajstić information content (AvgIpc) is 3.27. The monoisotopic (exact) mass is 965 g/mol. The Morgan fingerprint density at radius 3 is 2.34 bits per heavy atom. The number of aryl methyl sites for hydroxylation is 1. The van der Waals surface area contributed by atoms with Crippen molar-refractivity contribution < 1.29 is 76.8 Å². The lowest BCUT2D eigenvalue weighted by Gasteiger charge is -2.50.